The number of urea groups is 1. The fourth-order valence-corrected chi connectivity index (χ4v) is 2.09. The van der Waals surface area contributed by atoms with Crippen LogP contribution < -0.4 is 10.6 Å². The summed E-state index contributed by atoms with van der Waals surface area (Å²) in [6, 6.07) is 5.21. The minimum Gasteiger partial charge on any atom is -0.462 e. The molecule has 0 fully saturated rings. The lowest BCUT2D eigenvalue weighted by molar-refractivity contribution is -0.283. The van der Waals surface area contributed by atoms with Crippen LogP contribution >= 0.6 is 11.6 Å². The number of esters is 1. The molecule has 0 aliphatic heterocycles. The zero-order valence-electron chi connectivity index (χ0n) is 13.6. The van der Waals surface area contributed by atoms with E-state index in [9.17, 15) is 22.8 Å². The number of amides is 2. The molecule has 0 heterocycles. The summed E-state index contributed by atoms with van der Waals surface area (Å²) in [7, 11) is 0. The molecule has 0 aliphatic rings. The highest BCUT2D eigenvalue weighted by Gasteiger charge is 2.64. The van der Waals surface area contributed by atoms with Crippen molar-refractivity contribution in [3.63, 3.8) is 0 Å². The van der Waals surface area contributed by atoms with Crippen molar-refractivity contribution >= 4 is 23.6 Å². The van der Waals surface area contributed by atoms with Gasteiger partial charge in [0.15, 0.2) is 0 Å². The van der Waals surface area contributed by atoms with Gasteiger partial charge in [-0.05, 0) is 25.5 Å². The van der Waals surface area contributed by atoms with Crippen molar-refractivity contribution < 1.29 is 32.2 Å². The van der Waals surface area contributed by atoms with Crippen molar-refractivity contribution in [3.05, 3.63) is 34.9 Å². The van der Waals surface area contributed by atoms with Crippen molar-refractivity contribution in [2.45, 2.75) is 32.3 Å². The summed E-state index contributed by atoms with van der Waals surface area (Å²) in [6.07, 6.45) is -5.23. The third-order valence-electron chi connectivity index (χ3n) is 3.01. The van der Waals surface area contributed by atoms with Crippen LogP contribution in [0.4, 0.5) is 18.0 Å². The second-order valence-electron chi connectivity index (χ2n) is 4.73. The van der Waals surface area contributed by atoms with E-state index in [0.717, 1.165) is 0 Å². The van der Waals surface area contributed by atoms with Gasteiger partial charge in [0.1, 0.15) is 0 Å². The number of halogens is 4. The highest BCUT2D eigenvalue weighted by Crippen LogP contribution is 2.33. The van der Waals surface area contributed by atoms with Gasteiger partial charge < -0.3 is 14.8 Å². The third-order valence-corrected chi connectivity index (χ3v) is 3.38. The van der Waals surface area contributed by atoms with E-state index < -0.39 is 30.5 Å². The molecule has 6 nitrogen and oxygen atoms in total. The monoisotopic (exact) mass is 382 g/mol. The van der Waals surface area contributed by atoms with Crippen LogP contribution in [0, 0.1) is 0 Å². The van der Waals surface area contributed by atoms with E-state index in [-0.39, 0.29) is 13.2 Å². The lowest BCUT2D eigenvalue weighted by Gasteiger charge is -2.33. The molecular weight excluding hydrogens is 365 g/mol. The Hall–Kier alpha value is -2.00. The zero-order chi connectivity index (χ0) is 19.1. The van der Waals surface area contributed by atoms with E-state index in [1.54, 1.807) is 24.3 Å². The summed E-state index contributed by atoms with van der Waals surface area (Å²) in [5.41, 5.74) is -3.10. The molecule has 2 amide bonds. The first-order valence-corrected chi connectivity index (χ1v) is 7.73. The fourth-order valence-electron chi connectivity index (χ4n) is 1.89. The molecule has 140 valence electrons. The molecule has 0 saturated heterocycles. The number of hydrogen-bond acceptors (Lipinski definition) is 4. The molecular formula is C15H18ClF3N2O4. The first kappa shape index (κ1) is 21.0. The Bertz CT molecular complexity index is 613. The minimum atomic E-state index is -5.23. The molecule has 0 radical (unpaired) electrons. The van der Waals surface area contributed by atoms with Crippen molar-refractivity contribution in [1.29, 1.82) is 0 Å². The van der Waals surface area contributed by atoms with Crippen LogP contribution in [0.1, 0.15) is 19.4 Å². The van der Waals surface area contributed by atoms with Crippen LogP contribution in [0.3, 0.4) is 0 Å². The van der Waals surface area contributed by atoms with Crippen LogP contribution in [-0.2, 0) is 20.8 Å². The third kappa shape index (κ3) is 5.23. The van der Waals surface area contributed by atoms with Gasteiger partial charge in [0.05, 0.1) is 6.61 Å². The van der Waals surface area contributed by atoms with Gasteiger partial charge in [-0.3, -0.25) is 5.32 Å². The Morgan fingerprint density at radius 3 is 2.32 bits per heavy atom. The van der Waals surface area contributed by atoms with Crippen molar-refractivity contribution in [2.75, 3.05) is 13.2 Å². The summed E-state index contributed by atoms with van der Waals surface area (Å²) in [5.74, 6) is -1.75. The molecule has 1 atom stereocenters. The topological polar surface area (TPSA) is 76.7 Å². The van der Waals surface area contributed by atoms with E-state index in [4.69, 9.17) is 11.6 Å². The van der Waals surface area contributed by atoms with Crippen LogP contribution in [-0.4, -0.2) is 37.1 Å². The van der Waals surface area contributed by atoms with Gasteiger partial charge in [0.25, 0.3) is 0 Å². The molecule has 1 aromatic carbocycles. The number of alkyl halides is 3. The smallest absolute Gasteiger partial charge is 0.448 e. The van der Waals surface area contributed by atoms with E-state index in [1.807, 2.05) is 0 Å². The van der Waals surface area contributed by atoms with Gasteiger partial charge in [0.2, 0.25) is 0 Å². The van der Waals surface area contributed by atoms with Crippen LogP contribution in [0.15, 0.2) is 24.3 Å². The minimum absolute atomic E-state index is 0.144. The van der Waals surface area contributed by atoms with Crippen LogP contribution in [0.25, 0.3) is 0 Å². The lowest BCUT2D eigenvalue weighted by Crippen LogP contribution is -2.67. The fraction of sp³-hybridized carbons (Fsp3) is 0.467. The summed E-state index contributed by atoms with van der Waals surface area (Å²) >= 11 is 5.90. The Labute approximate surface area is 147 Å². The van der Waals surface area contributed by atoms with E-state index in [2.05, 4.69) is 14.8 Å². The maximum absolute atomic E-state index is 13.4. The Morgan fingerprint density at radius 2 is 1.80 bits per heavy atom. The maximum Gasteiger partial charge on any atom is 0.448 e. The van der Waals surface area contributed by atoms with Crippen LogP contribution in [0.2, 0.25) is 5.02 Å². The number of hydrogen-bond donors (Lipinski definition) is 2. The van der Waals surface area contributed by atoms with E-state index in [1.165, 1.54) is 19.2 Å². The molecule has 25 heavy (non-hydrogen) atoms. The molecule has 0 aromatic heterocycles. The second kappa shape index (κ2) is 8.91. The van der Waals surface area contributed by atoms with Gasteiger partial charge in [-0.25, -0.2) is 9.59 Å². The Morgan fingerprint density at radius 1 is 1.16 bits per heavy atom. The number of carbonyl (C=O) groups excluding carboxylic acids is 2. The lowest BCUT2D eigenvalue weighted by atomic mass is 10.2. The summed E-state index contributed by atoms with van der Waals surface area (Å²) in [6.45, 7) is 1.65. The second-order valence-corrected chi connectivity index (χ2v) is 5.14. The highest BCUT2D eigenvalue weighted by atomic mass is 35.5. The van der Waals surface area contributed by atoms with Crippen molar-refractivity contribution in [1.82, 2.24) is 10.6 Å². The van der Waals surface area contributed by atoms with Gasteiger partial charge in [-0.2, -0.15) is 13.2 Å². The normalized spacial score (nSPS) is 13.7. The Balaban J connectivity index is 2.94. The molecule has 0 aliphatic carbocycles. The SMILES string of the molecule is CCOC(=O)[C@](NC(=O)NCc1ccccc1Cl)(OCC)C(F)(F)F. The predicted molar refractivity (Wildman–Crippen MR) is 83.9 cm³/mol. The molecule has 1 rings (SSSR count). The van der Waals surface area contributed by atoms with Gasteiger partial charge in [-0.15, -0.1) is 0 Å². The number of nitrogens with one attached hydrogen (secondary N) is 2. The highest BCUT2D eigenvalue weighted by molar-refractivity contribution is 6.31. The number of rotatable bonds is 7. The first-order chi connectivity index (χ1) is 11.7. The Kier molecular flexibility index (Phi) is 7.50. The molecule has 10 heteroatoms. The zero-order valence-corrected chi connectivity index (χ0v) is 14.3. The number of benzene rings is 1. The predicted octanol–water partition coefficient (Wildman–Crippen LogP) is 3.00. The van der Waals surface area contributed by atoms with Gasteiger partial charge >= 0.3 is 23.9 Å². The first-order valence-electron chi connectivity index (χ1n) is 7.35. The van der Waals surface area contributed by atoms with Gasteiger partial charge in [0, 0.05) is 18.2 Å². The molecule has 0 spiro atoms. The largest absolute Gasteiger partial charge is 0.462 e. The maximum atomic E-state index is 13.4. The van der Waals surface area contributed by atoms with E-state index in [0.29, 0.717) is 10.6 Å². The molecule has 0 unspecified atom stereocenters. The van der Waals surface area contributed by atoms with Crippen molar-refractivity contribution in [2.24, 2.45) is 0 Å². The van der Waals surface area contributed by atoms with E-state index >= 15 is 0 Å². The average Bonchev–Trinajstić information content (AvgIpc) is 2.52. The quantitative estimate of drug-likeness (QED) is 0.561. The van der Waals surface area contributed by atoms with Crippen LogP contribution in [0.5, 0.6) is 0 Å². The number of ether oxygens (including phenoxy) is 2. The number of carbonyl (C=O) groups is 2. The molecule has 0 bridgehead atoms. The molecule has 1 aromatic rings. The average molecular weight is 383 g/mol. The molecule has 2 N–H and O–H groups in total. The summed E-state index contributed by atoms with van der Waals surface area (Å²) < 4.78 is 49.3. The van der Waals surface area contributed by atoms with Crippen molar-refractivity contribution in [3.8, 4) is 0 Å². The summed E-state index contributed by atoms with van der Waals surface area (Å²) in [5, 5.41) is 4.06. The summed E-state index contributed by atoms with van der Waals surface area (Å²) in [4.78, 5) is 23.8. The standard InChI is InChI=1S/C15H18ClF3N2O4/c1-3-24-12(22)14(25-4-2,15(17,18)19)21-13(23)20-9-10-7-5-6-8-11(10)16/h5-8H,3-4,9H2,1-2H3,(H2,20,21,23)/t14-/m0/s1. The molecule has 0 saturated carbocycles. The van der Waals surface area contributed by atoms with Gasteiger partial charge in [-0.1, -0.05) is 29.8 Å².